The number of carbonyl (C=O) groups is 1. The number of anilines is 1. The molecule has 3 aromatic carbocycles. The van der Waals surface area contributed by atoms with Gasteiger partial charge in [-0.2, -0.15) is 4.80 Å². The molecule has 0 saturated heterocycles. The first kappa shape index (κ1) is 20.6. The molecule has 4 rings (SSSR count). The number of para-hydroxylation sites is 1. The summed E-state index contributed by atoms with van der Waals surface area (Å²) in [4.78, 5) is 14.0. The van der Waals surface area contributed by atoms with Crippen molar-refractivity contribution in [2.75, 3.05) is 11.9 Å². The molecule has 0 saturated carbocycles. The summed E-state index contributed by atoms with van der Waals surface area (Å²) in [6.45, 7) is 8.35. The number of rotatable bonds is 5. The standard InChI is InChI=1S/C25H26N4O2/c1-17-14-22-23(28-29(27-22)19-8-6-5-7-9-19)15-21(17)26-24(30)16-31-20-12-10-18(11-13-20)25(2,3)4/h5-15H,16H2,1-4H3,(H,26,30). The van der Waals surface area contributed by atoms with Crippen LogP contribution in [0.25, 0.3) is 16.7 Å². The predicted octanol–water partition coefficient (Wildman–Crippen LogP) is 5.04. The van der Waals surface area contributed by atoms with E-state index in [0.29, 0.717) is 17.0 Å². The monoisotopic (exact) mass is 414 g/mol. The summed E-state index contributed by atoms with van der Waals surface area (Å²) >= 11 is 0. The molecule has 1 amide bonds. The molecule has 0 aliphatic heterocycles. The van der Waals surface area contributed by atoms with Gasteiger partial charge in [-0.3, -0.25) is 4.79 Å². The van der Waals surface area contributed by atoms with Crippen LogP contribution < -0.4 is 10.1 Å². The van der Waals surface area contributed by atoms with Gasteiger partial charge in [0.15, 0.2) is 6.61 Å². The smallest absolute Gasteiger partial charge is 0.262 e. The predicted molar refractivity (Wildman–Crippen MR) is 123 cm³/mol. The number of hydrogen-bond acceptors (Lipinski definition) is 4. The Kier molecular flexibility index (Phi) is 5.46. The normalized spacial score (nSPS) is 11.5. The second-order valence-electron chi connectivity index (χ2n) is 8.59. The summed E-state index contributed by atoms with van der Waals surface area (Å²) in [6.07, 6.45) is 0. The van der Waals surface area contributed by atoms with Crippen LogP contribution in [0, 0.1) is 6.92 Å². The number of amides is 1. The molecule has 0 atom stereocenters. The molecule has 0 fully saturated rings. The summed E-state index contributed by atoms with van der Waals surface area (Å²) in [5.41, 5.74) is 5.27. The highest BCUT2D eigenvalue weighted by Crippen LogP contribution is 2.25. The van der Waals surface area contributed by atoms with E-state index in [9.17, 15) is 4.79 Å². The van der Waals surface area contributed by atoms with Crippen molar-refractivity contribution in [1.82, 2.24) is 15.0 Å². The lowest BCUT2D eigenvalue weighted by atomic mass is 9.87. The SMILES string of the molecule is Cc1cc2nn(-c3ccccc3)nc2cc1NC(=O)COc1ccc(C(C)(C)C)cc1. The number of nitrogens with one attached hydrogen (secondary N) is 1. The number of hydrogen-bond donors (Lipinski definition) is 1. The van der Waals surface area contributed by atoms with Crippen LogP contribution in [-0.4, -0.2) is 27.5 Å². The van der Waals surface area contributed by atoms with Gasteiger partial charge in [0.05, 0.1) is 5.69 Å². The summed E-state index contributed by atoms with van der Waals surface area (Å²) in [6, 6.07) is 21.3. The number of ether oxygens (including phenoxy) is 1. The van der Waals surface area contributed by atoms with Crippen LogP contribution in [0.3, 0.4) is 0 Å². The third kappa shape index (κ3) is 4.74. The third-order valence-electron chi connectivity index (χ3n) is 5.08. The highest BCUT2D eigenvalue weighted by atomic mass is 16.5. The Morgan fingerprint density at radius 2 is 1.61 bits per heavy atom. The number of fused-ring (bicyclic) bond motifs is 1. The molecule has 6 heteroatoms. The molecule has 6 nitrogen and oxygen atoms in total. The van der Waals surface area contributed by atoms with Gasteiger partial charge in [0, 0.05) is 5.69 Å². The zero-order valence-corrected chi connectivity index (χ0v) is 18.2. The molecule has 0 spiro atoms. The number of benzene rings is 3. The molecule has 0 unspecified atom stereocenters. The topological polar surface area (TPSA) is 69.0 Å². The average Bonchev–Trinajstić information content (AvgIpc) is 3.15. The quantitative estimate of drug-likeness (QED) is 0.496. The minimum atomic E-state index is -0.224. The van der Waals surface area contributed by atoms with Crippen LogP contribution in [0.5, 0.6) is 5.75 Å². The number of nitrogens with zero attached hydrogens (tertiary/aromatic N) is 3. The second-order valence-corrected chi connectivity index (χ2v) is 8.59. The molecule has 0 aliphatic carbocycles. The zero-order valence-electron chi connectivity index (χ0n) is 18.2. The largest absolute Gasteiger partial charge is 0.484 e. The van der Waals surface area contributed by atoms with Crippen molar-refractivity contribution in [3.05, 3.63) is 77.9 Å². The van der Waals surface area contributed by atoms with Crippen molar-refractivity contribution in [2.45, 2.75) is 33.1 Å². The van der Waals surface area contributed by atoms with Gasteiger partial charge in [-0.1, -0.05) is 51.1 Å². The van der Waals surface area contributed by atoms with Gasteiger partial charge in [0.25, 0.3) is 5.91 Å². The Bertz CT molecular complexity index is 1210. The maximum absolute atomic E-state index is 12.4. The van der Waals surface area contributed by atoms with Gasteiger partial charge < -0.3 is 10.1 Å². The maximum Gasteiger partial charge on any atom is 0.262 e. The summed E-state index contributed by atoms with van der Waals surface area (Å²) < 4.78 is 5.65. The van der Waals surface area contributed by atoms with Gasteiger partial charge >= 0.3 is 0 Å². The van der Waals surface area contributed by atoms with Gasteiger partial charge in [0.1, 0.15) is 16.8 Å². The Labute approximate surface area is 181 Å². The van der Waals surface area contributed by atoms with Crippen LogP contribution >= 0.6 is 0 Å². The van der Waals surface area contributed by atoms with Crippen LogP contribution in [0.2, 0.25) is 0 Å². The highest BCUT2D eigenvalue weighted by Gasteiger charge is 2.14. The van der Waals surface area contributed by atoms with Crippen molar-refractivity contribution in [3.8, 4) is 11.4 Å². The van der Waals surface area contributed by atoms with Gasteiger partial charge in [-0.05, 0) is 59.9 Å². The van der Waals surface area contributed by atoms with Crippen LogP contribution in [-0.2, 0) is 10.2 Å². The first-order valence-electron chi connectivity index (χ1n) is 10.3. The van der Waals surface area contributed by atoms with E-state index in [0.717, 1.165) is 16.8 Å². The minimum absolute atomic E-state index is 0.0664. The van der Waals surface area contributed by atoms with Crippen molar-refractivity contribution in [1.29, 1.82) is 0 Å². The Balaban J connectivity index is 1.44. The molecule has 0 radical (unpaired) electrons. The summed E-state index contributed by atoms with van der Waals surface area (Å²) in [7, 11) is 0. The molecule has 1 N–H and O–H groups in total. The van der Waals surface area contributed by atoms with E-state index >= 15 is 0 Å². The van der Waals surface area contributed by atoms with Crippen molar-refractivity contribution in [3.63, 3.8) is 0 Å². The fourth-order valence-corrected chi connectivity index (χ4v) is 3.27. The zero-order chi connectivity index (χ0) is 22.0. The number of aryl methyl sites for hydroxylation is 1. The van der Waals surface area contributed by atoms with E-state index in [4.69, 9.17) is 4.74 Å². The van der Waals surface area contributed by atoms with E-state index in [1.54, 1.807) is 4.80 Å². The Morgan fingerprint density at radius 3 is 2.26 bits per heavy atom. The van der Waals surface area contributed by atoms with E-state index in [1.807, 2.05) is 73.7 Å². The van der Waals surface area contributed by atoms with E-state index < -0.39 is 0 Å². The minimum Gasteiger partial charge on any atom is -0.484 e. The lowest BCUT2D eigenvalue weighted by Gasteiger charge is -2.19. The first-order valence-corrected chi connectivity index (χ1v) is 10.3. The molecule has 4 aromatic rings. The molecule has 158 valence electrons. The van der Waals surface area contributed by atoms with E-state index in [1.165, 1.54) is 5.56 Å². The lowest BCUT2D eigenvalue weighted by molar-refractivity contribution is -0.118. The fourth-order valence-electron chi connectivity index (χ4n) is 3.27. The van der Waals surface area contributed by atoms with Crippen LogP contribution in [0.15, 0.2) is 66.7 Å². The van der Waals surface area contributed by atoms with Crippen molar-refractivity contribution in [2.24, 2.45) is 0 Å². The Hall–Kier alpha value is -3.67. The average molecular weight is 415 g/mol. The second kappa shape index (κ2) is 8.22. The van der Waals surface area contributed by atoms with Gasteiger partial charge in [-0.25, -0.2) is 0 Å². The van der Waals surface area contributed by atoms with E-state index in [-0.39, 0.29) is 17.9 Å². The molecule has 0 bridgehead atoms. The number of carbonyl (C=O) groups excluding carboxylic acids is 1. The number of aromatic nitrogens is 3. The van der Waals surface area contributed by atoms with Crippen LogP contribution in [0.4, 0.5) is 5.69 Å². The fraction of sp³-hybridized carbons (Fsp3) is 0.240. The molecule has 1 heterocycles. The highest BCUT2D eigenvalue weighted by molar-refractivity contribution is 5.95. The molecule has 31 heavy (non-hydrogen) atoms. The molecule has 0 aliphatic rings. The molecular formula is C25H26N4O2. The van der Waals surface area contributed by atoms with Gasteiger partial charge in [0.2, 0.25) is 0 Å². The maximum atomic E-state index is 12.4. The molecular weight excluding hydrogens is 388 g/mol. The van der Waals surface area contributed by atoms with Crippen molar-refractivity contribution < 1.29 is 9.53 Å². The summed E-state index contributed by atoms with van der Waals surface area (Å²) in [5, 5.41) is 12.0. The Morgan fingerprint density at radius 1 is 0.968 bits per heavy atom. The molecule has 1 aromatic heterocycles. The van der Waals surface area contributed by atoms with Gasteiger partial charge in [-0.15, -0.1) is 10.2 Å². The van der Waals surface area contributed by atoms with Crippen molar-refractivity contribution >= 4 is 22.6 Å². The lowest BCUT2D eigenvalue weighted by Crippen LogP contribution is -2.20. The van der Waals surface area contributed by atoms with E-state index in [2.05, 4.69) is 36.3 Å². The third-order valence-corrected chi connectivity index (χ3v) is 5.08. The summed E-state index contributed by atoms with van der Waals surface area (Å²) in [5.74, 6) is 0.443. The first-order chi connectivity index (χ1) is 14.8. The van der Waals surface area contributed by atoms with Crippen LogP contribution in [0.1, 0.15) is 31.9 Å².